The van der Waals surface area contributed by atoms with Gasteiger partial charge in [-0.3, -0.25) is 0 Å². The summed E-state index contributed by atoms with van der Waals surface area (Å²) in [5.41, 5.74) is 14.5. The molecule has 4 fully saturated rings. The molecule has 280 valence electrons. The minimum absolute atomic E-state index is 0.257. The molecular weight excluding hydrogens is 703 g/mol. The van der Waals surface area contributed by atoms with Crippen molar-refractivity contribution in [3.8, 4) is 33.4 Å². The van der Waals surface area contributed by atoms with E-state index in [2.05, 4.69) is 187 Å². The van der Waals surface area contributed by atoms with E-state index >= 15 is 0 Å². The normalized spacial score (nSPS) is 20.9. The largest absolute Gasteiger partial charge is 0.455 e. The van der Waals surface area contributed by atoms with Gasteiger partial charge in [0.15, 0.2) is 0 Å². The third-order valence-electron chi connectivity index (χ3n) is 14.0. The Bertz CT molecular complexity index is 2820. The van der Waals surface area contributed by atoms with E-state index in [1.165, 1.54) is 99.0 Å². The third-order valence-corrected chi connectivity index (χ3v) is 14.0. The molecule has 2 nitrogen and oxygen atoms in total. The maximum absolute atomic E-state index is 6.98. The SMILES string of the molecule is c1ccc(-c2ccc(N(c3ccc(-c4ccccc4)cc3)c3ccc(-c4cc(C56CC7CC(CC(C7)C5)C6)cc5oc6c7ccccc7ccc6c45)cc3)cc2)cc1. The van der Waals surface area contributed by atoms with Gasteiger partial charge in [-0.25, -0.2) is 0 Å². The summed E-state index contributed by atoms with van der Waals surface area (Å²) < 4.78 is 6.98. The summed E-state index contributed by atoms with van der Waals surface area (Å²) in [6, 6.07) is 66.8. The van der Waals surface area contributed by atoms with Gasteiger partial charge in [-0.05, 0) is 161 Å². The predicted molar refractivity (Wildman–Crippen MR) is 242 cm³/mol. The van der Waals surface area contributed by atoms with Gasteiger partial charge < -0.3 is 9.32 Å². The molecule has 4 aliphatic carbocycles. The number of rotatable bonds is 7. The highest BCUT2D eigenvalue weighted by Gasteiger charge is 2.51. The zero-order valence-electron chi connectivity index (χ0n) is 32.7. The van der Waals surface area contributed by atoms with Crippen molar-refractivity contribution < 1.29 is 4.42 Å². The van der Waals surface area contributed by atoms with Gasteiger partial charge in [0.2, 0.25) is 0 Å². The van der Waals surface area contributed by atoms with Gasteiger partial charge in [0.1, 0.15) is 11.2 Å². The average Bonchev–Trinajstić information content (AvgIpc) is 3.67. The van der Waals surface area contributed by atoms with Crippen LogP contribution in [0.15, 0.2) is 186 Å². The summed E-state index contributed by atoms with van der Waals surface area (Å²) >= 11 is 0. The van der Waals surface area contributed by atoms with Crippen LogP contribution >= 0.6 is 0 Å². The van der Waals surface area contributed by atoms with Gasteiger partial charge in [-0.1, -0.05) is 127 Å². The number of hydrogen-bond donors (Lipinski definition) is 0. The highest BCUT2D eigenvalue weighted by molar-refractivity contribution is 6.19. The average molecular weight is 748 g/mol. The lowest BCUT2D eigenvalue weighted by Gasteiger charge is -2.57. The summed E-state index contributed by atoms with van der Waals surface area (Å²) in [5.74, 6) is 2.62. The lowest BCUT2D eigenvalue weighted by atomic mass is 9.48. The Morgan fingerprint density at radius 1 is 0.431 bits per heavy atom. The molecule has 8 aromatic carbocycles. The van der Waals surface area contributed by atoms with Crippen LogP contribution in [0, 0.1) is 17.8 Å². The van der Waals surface area contributed by atoms with Crippen LogP contribution in [-0.2, 0) is 5.41 Å². The van der Waals surface area contributed by atoms with Crippen molar-refractivity contribution in [2.75, 3.05) is 4.90 Å². The molecule has 58 heavy (non-hydrogen) atoms. The minimum atomic E-state index is 0.257. The zero-order chi connectivity index (χ0) is 38.2. The fourth-order valence-corrected chi connectivity index (χ4v) is 11.7. The van der Waals surface area contributed by atoms with E-state index in [4.69, 9.17) is 4.42 Å². The summed E-state index contributed by atoms with van der Waals surface area (Å²) in [6.07, 6.45) is 8.29. The first-order valence-corrected chi connectivity index (χ1v) is 21.2. The Kier molecular flexibility index (Phi) is 7.76. The summed E-state index contributed by atoms with van der Waals surface area (Å²) in [6.45, 7) is 0. The van der Waals surface area contributed by atoms with Gasteiger partial charge in [0.25, 0.3) is 0 Å². The topological polar surface area (TPSA) is 16.4 Å². The number of hydrogen-bond acceptors (Lipinski definition) is 2. The smallest absolute Gasteiger partial charge is 0.143 e. The van der Waals surface area contributed by atoms with Crippen LogP contribution in [0.2, 0.25) is 0 Å². The molecular formula is C56H45NO. The molecule has 0 N–H and O–H groups in total. The zero-order valence-corrected chi connectivity index (χ0v) is 32.7. The van der Waals surface area contributed by atoms with E-state index in [0.29, 0.717) is 0 Å². The van der Waals surface area contributed by atoms with Gasteiger partial charge in [-0.15, -0.1) is 0 Å². The van der Waals surface area contributed by atoms with Crippen LogP contribution in [-0.4, -0.2) is 0 Å². The van der Waals surface area contributed by atoms with Crippen LogP contribution in [0.4, 0.5) is 17.1 Å². The molecule has 4 saturated carbocycles. The molecule has 0 atom stereocenters. The second kappa shape index (κ2) is 13.4. The molecule has 9 aromatic rings. The predicted octanol–water partition coefficient (Wildman–Crippen LogP) is 15.7. The monoisotopic (exact) mass is 747 g/mol. The van der Waals surface area contributed by atoms with E-state index in [9.17, 15) is 0 Å². The van der Waals surface area contributed by atoms with Gasteiger partial charge in [-0.2, -0.15) is 0 Å². The summed E-state index contributed by atoms with van der Waals surface area (Å²) in [4.78, 5) is 2.38. The van der Waals surface area contributed by atoms with Gasteiger partial charge in [0.05, 0.1) is 0 Å². The van der Waals surface area contributed by atoms with E-state index in [1.54, 1.807) is 0 Å². The van der Waals surface area contributed by atoms with Crippen LogP contribution < -0.4 is 4.90 Å². The maximum Gasteiger partial charge on any atom is 0.143 e. The van der Waals surface area contributed by atoms with Crippen molar-refractivity contribution in [3.63, 3.8) is 0 Å². The fraction of sp³-hybridized carbons (Fsp3) is 0.179. The molecule has 0 unspecified atom stereocenters. The molecule has 0 aliphatic heterocycles. The number of benzene rings is 8. The molecule has 0 amide bonds. The Balaban J connectivity index is 0.994. The van der Waals surface area contributed by atoms with E-state index in [0.717, 1.165) is 46.0 Å². The van der Waals surface area contributed by atoms with Crippen molar-refractivity contribution in [2.45, 2.75) is 43.9 Å². The van der Waals surface area contributed by atoms with Crippen molar-refractivity contribution >= 4 is 49.8 Å². The standard InChI is InChI=1S/C56H45NO/c1-3-9-40(10-4-1)42-15-22-47(23-16-42)57(48-24-17-43(18-25-48)41-11-5-2-6-12-41)49-26-19-45(20-27-49)52-32-46(56-34-37-29-38(35-56)31-39(30-37)36-56)33-53-54(52)51-28-21-44-13-7-8-14-50(44)55(51)58-53/h1-28,32-33,37-39H,29-31,34-36H2. The van der Waals surface area contributed by atoms with Crippen LogP contribution in [0.5, 0.6) is 0 Å². The molecule has 1 aromatic heterocycles. The highest BCUT2D eigenvalue weighted by Crippen LogP contribution is 2.61. The van der Waals surface area contributed by atoms with E-state index < -0.39 is 0 Å². The highest BCUT2D eigenvalue weighted by atomic mass is 16.3. The van der Waals surface area contributed by atoms with E-state index in [1.807, 2.05) is 0 Å². The van der Waals surface area contributed by atoms with Crippen LogP contribution in [0.1, 0.15) is 44.1 Å². The van der Waals surface area contributed by atoms with Crippen molar-refractivity contribution in [1.29, 1.82) is 0 Å². The first-order valence-electron chi connectivity index (χ1n) is 21.2. The quantitative estimate of drug-likeness (QED) is 0.161. The van der Waals surface area contributed by atoms with Crippen molar-refractivity contribution in [1.82, 2.24) is 0 Å². The Morgan fingerprint density at radius 2 is 0.914 bits per heavy atom. The van der Waals surface area contributed by atoms with Crippen LogP contribution in [0.25, 0.3) is 66.1 Å². The van der Waals surface area contributed by atoms with E-state index in [-0.39, 0.29) is 5.41 Å². The van der Waals surface area contributed by atoms with Gasteiger partial charge in [0, 0.05) is 33.2 Å². The van der Waals surface area contributed by atoms with Crippen molar-refractivity contribution in [2.24, 2.45) is 17.8 Å². The maximum atomic E-state index is 6.98. The number of fused-ring (bicyclic) bond motifs is 5. The molecule has 4 bridgehead atoms. The van der Waals surface area contributed by atoms with Gasteiger partial charge >= 0.3 is 0 Å². The first kappa shape index (κ1) is 33.7. The van der Waals surface area contributed by atoms with Crippen LogP contribution in [0.3, 0.4) is 0 Å². The number of anilines is 3. The third kappa shape index (κ3) is 5.61. The van der Waals surface area contributed by atoms with Crippen molar-refractivity contribution in [3.05, 3.63) is 188 Å². The summed E-state index contributed by atoms with van der Waals surface area (Å²) in [7, 11) is 0. The lowest BCUT2D eigenvalue weighted by Crippen LogP contribution is -2.48. The molecule has 4 aliphatic rings. The number of nitrogens with zero attached hydrogens (tertiary/aromatic N) is 1. The first-order chi connectivity index (χ1) is 28.6. The molecule has 13 rings (SSSR count). The summed E-state index contributed by atoms with van der Waals surface area (Å²) in [5, 5.41) is 4.83. The Labute approximate surface area is 340 Å². The molecule has 1 heterocycles. The lowest BCUT2D eigenvalue weighted by molar-refractivity contribution is -0.00514. The second-order valence-electron chi connectivity index (χ2n) is 17.6. The molecule has 2 heteroatoms. The molecule has 0 saturated heterocycles. The fourth-order valence-electron chi connectivity index (χ4n) is 11.7. The molecule has 0 spiro atoms. The Morgan fingerprint density at radius 3 is 1.47 bits per heavy atom. The minimum Gasteiger partial charge on any atom is -0.455 e. The second-order valence-corrected chi connectivity index (χ2v) is 17.6. The molecule has 0 radical (unpaired) electrons. The number of furan rings is 1. The Hall–Kier alpha value is -6.38.